The molecule has 18 heteroatoms. The van der Waals surface area contributed by atoms with Crippen molar-refractivity contribution in [2.24, 2.45) is 11.8 Å². The van der Waals surface area contributed by atoms with Gasteiger partial charge in [-0.15, -0.1) is 0 Å². The molecule has 0 aromatic heterocycles. The van der Waals surface area contributed by atoms with E-state index in [2.05, 4.69) is 59.4 Å². The second kappa shape index (κ2) is 34.8. The number of carbonyl (C=O) groups excluding carboxylic acids is 3. The van der Waals surface area contributed by atoms with Crippen LogP contribution < -0.4 is 0 Å². The second-order valence-electron chi connectivity index (χ2n) is 15.4. The minimum atomic E-state index is -4.91. The van der Waals surface area contributed by atoms with E-state index in [9.17, 15) is 43.7 Å². The molecule has 1 saturated carbocycles. The largest absolute Gasteiger partial charge is 0.472 e. The van der Waals surface area contributed by atoms with Crippen LogP contribution in [0.25, 0.3) is 0 Å². The van der Waals surface area contributed by atoms with Crippen LogP contribution in [0.4, 0.5) is 0 Å². The minimum absolute atomic E-state index is 0.0491. The minimum Gasteiger partial charge on any atom is -0.462 e. The van der Waals surface area contributed by atoms with E-state index in [1.54, 1.807) is 12.2 Å². The first-order chi connectivity index (χ1) is 29.6. The summed E-state index contributed by atoms with van der Waals surface area (Å²) >= 11 is 0. The van der Waals surface area contributed by atoms with Crippen molar-refractivity contribution in [2.45, 2.75) is 160 Å². The first-order valence-electron chi connectivity index (χ1n) is 22.1. The van der Waals surface area contributed by atoms with Crippen molar-refractivity contribution in [3.8, 4) is 0 Å². The topological polar surface area (TPSA) is 253 Å². The number of carbonyl (C=O) groups is 3. The molecular weight excluding hydrogens is 846 g/mol. The third-order valence-corrected chi connectivity index (χ3v) is 11.2. The van der Waals surface area contributed by atoms with Crippen molar-refractivity contribution >= 4 is 33.4 Å². The summed E-state index contributed by atoms with van der Waals surface area (Å²) in [5.74, 6) is -2.18. The Labute approximate surface area is 368 Å². The number of hydrogen-bond donors (Lipinski definition) is 6. The molecule has 356 valence electrons. The molecule has 0 bridgehead atoms. The summed E-state index contributed by atoms with van der Waals surface area (Å²) in [5.41, 5.74) is 0. The van der Waals surface area contributed by atoms with Crippen LogP contribution in [0.5, 0.6) is 0 Å². The highest BCUT2D eigenvalue weighted by Gasteiger charge is 2.39. The number of ketones is 1. The lowest BCUT2D eigenvalue weighted by molar-refractivity contribution is -0.161. The third kappa shape index (κ3) is 31.3. The zero-order chi connectivity index (χ0) is 46.1. The molecule has 0 heterocycles. The van der Waals surface area contributed by atoms with Gasteiger partial charge < -0.3 is 39.5 Å². The van der Waals surface area contributed by atoms with Crippen molar-refractivity contribution in [3.63, 3.8) is 0 Å². The summed E-state index contributed by atoms with van der Waals surface area (Å²) in [4.78, 5) is 65.4. The highest BCUT2D eigenvalue weighted by Crippen LogP contribution is 2.44. The Hall–Kier alpha value is -2.59. The van der Waals surface area contributed by atoms with Gasteiger partial charge in [-0.2, -0.15) is 0 Å². The number of esters is 2. The molecule has 1 aliphatic rings. The Morgan fingerprint density at radius 3 is 1.94 bits per heavy atom. The predicted molar refractivity (Wildman–Crippen MR) is 235 cm³/mol. The average Bonchev–Trinajstić information content (AvgIpc) is 3.49. The van der Waals surface area contributed by atoms with Crippen LogP contribution >= 0.6 is 15.6 Å². The molecule has 0 aliphatic heterocycles. The predicted octanol–water partition coefficient (Wildman–Crippen LogP) is 7.81. The van der Waals surface area contributed by atoms with Crippen LogP contribution in [0.2, 0.25) is 0 Å². The fourth-order valence-corrected chi connectivity index (χ4v) is 7.43. The smallest absolute Gasteiger partial charge is 0.462 e. The van der Waals surface area contributed by atoms with E-state index in [0.717, 1.165) is 51.4 Å². The van der Waals surface area contributed by atoms with Crippen LogP contribution in [-0.2, 0) is 46.6 Å². The fourth-order valence-electron chi connectivity index (χ4n) is 6.28. The molecule has 62 heavy (non-hydrogen) atoms. The van der Waals surface area contributed by atoms with E-state index in [-0.39, 0.29) is 31.0 Å². The van der Waals surface area contributed by atoms with Crippen molar-refractivity contribution < 1.29 is 76.6 Å². The van der Waals surface area contributed by atoms with Gasteiger partial charge >= 0.3 is 27.6 Å². The van der Waals surface area contributed by atoms with Gasteiger partial charge in [-0.05, 0) is 70.6 Å². The van der Waals surface area contributed by atoms with Gasteiger partial charge in [-0.1, -0.05) is 107 Å². The number of Topliss-reactive ketones (excluding diaryl/α,β-unsaturated/α-hetero) is 1. The zero-order valence-electron chi connectivity index (χ0n) is 36.7. The Morgan fingerprint density at radius 2 is 1.27 bits per heavy atom. The van der Waals surface area contributed by atoms with Gasteiger partial charge in [-0.25, -0.2) is 9.13 Å². The lowest BCUT2D eigenvalue weighted by Crippen LogP contribution is -2.29. The molecule has 7 atom stereocenters. The maximum atomic E-state index is 12.8. The summed E-state index contributed by atoms with van der Waals surface area (Å²) in [7, 11) is -9.80. The van der Waals surface area contributed by atoms with Crippen molar-refractivity contribution in [2.75, 3.05) is 26.4 Å². The van der Waals surface area contributed by atoms with E-state index >= 15 is 0 Å². The van der Waals surface area contributed by atoms with Crippen LogP contribution in [0.3, 0.4) is 0 Å². The molecule has 6 N–H and O–H groups in total. The summed E-state index contributed by atoms with van der Waals surface area (Å²) in [6.45, 7) is 1.26. The Morgan fingerprint density at radius 1 is 0.710 bits per heavy atom. The Kier molecular flexibility index (Phi) is 32.2. The maximum absolute atomic E-state index is 12.8. The highest BCUT2D eigenvalue weighted by atomic mass is 31.2. The summed E-state index contributed by atoms with van der Waals surface area (Å²) in [6.07, 6.45) is 28.8. The number of hydrogen-bond acceptors (Lipinski definition) is 13. The SMILES string of the molecule is CCCCC/C=C\C/C=C\C/C=C\CCCCC(=O)OC[C@H](COP(=O)(O)OC[C@@H](O)COP(=O)(O)O)OC(=O)CCC/C=C\C[C@H]1[C@@H](O)CC(=O)[C@@H]1/C=C/[C@@H](O)CCCCC. The zero-order valence-corrected chi connectivity index (χ0v) is 38.5. The van der Waals surface area contributed by atoms with E-state index in [0.29, 0.717) is 32.1 Å². The summed E-state index contributed by atoms with van der Waals surface area (Å²) in [5, 5.41) is 30.5. The second-order valence-corrected chi connectivity index (χ2v) is 18.1. The maximum Gasteiger partial charge on any atom is 0.472 e. The normalized spacial score (nSPS) is 19.9. The highest BCUT2D eigenvalue weighted by molar-refractivity contribution is 7.47. The van der Waals surface area contributed by atoms with E-state index < -0.39 is 84.3 Å². The molecule has 0 radical (unpaired) electrons. The Bertz CT molecular complexity index is 1490. The van der Waals surface area contributed by atoms with Crippen LogP contribution in [0.15, 0.2) is 60.8 Å². The molecule has 1 unspecified atom stereocenters. The van der Waals surface area contributed by atoms with Crippen LogP contribution in [-0.4, -0.2) is 98.6 Å². The van der Waals surface area contributed by atoms with Gasteiger partial charge in [0.2, 0.25) is 0 Å². The third-order valence-electron chi connectivity index (χ3n) is 9.75. The molecule has 0 aromatic carbocycles. The molecule has 0 saturated heterocycles. The van der Waals surface area contributed by atoms with Gasteiger partial charge in [0.1, 0.15) is 18.5 Å². The van der Waals surface area contributed by atoms with Crippen molar-refractivity contribution in [1.29, 1.82) is 0 Å². The Balaban J connectivity index is 2.62. The number of aliphatic hydroxyl groups is 3. The number of phosphoric ester groups is 2. The van der Waals surface area contributed by atoms with E-state index in [1.165, 1.54) is 19.3 Å². The molecule has 1 fully saturated rings. The van der Waals surface area contributed by atoms with Gasteiger partial charge in [0, 0.05) is 31.1 Å². The van der Waals surface area contributed by atoms with Gasteiger partial charge in [-0.3, -0.25) is 28.0 Å². The lowest BCUT2D eigenvalue weighted by Gasteiger charge is -2.20. The summed E-state index contributed by atoms with van der Waals surface area (Å²) in [6, 6.07) is 0. The van der Waals surface area contributed by atoms with Gasteiger partial charge in [0.25, 0.3) is 0 Å². The fraction of sp³-hybridized carbons (Fsp3) is 0.705. The lowest BCUT2D eigenvalue weighted by atomic mass is 9.90. The molecule has 16 nitrogen and oxygen atoms in total. The number of unbranched alkanes of at least 4 members (excludes halogenated alkanes) is 8. The number of rotatable bonds is 37. The average molecular weight is 921 g/mol. The van der Waals surface area contributed by atoms with E-state index in [4.69, 9.17) is 23.8 Å². The molecule has 1 rings (SSSR count). The monoisotopic (exact) mass is 920 g/mol. The number of phosphoric acid groups is 2. The first kappa shape index (κ1) is 57.4. The number of ether oxygens (including phenoxy) is 2. The summed E-state index contributed by atoms with van der Waals surface area (Å²) < 4.78 is 47.7. The standard InChI is InChI=1S/C44H74O16P2/c1-3-5-7-8-9-10-11-12-13-14-15-16-17-18-23-27-43(49)56-34-38(35-59-62(54,55)58-33-37(46)32-57-61(51,52)53)60-44(50)28-24-20-19-22-26-39-40(42(48)31-41(39)47)30-29-36(45)25-21-6-4-2/h9-10,12-13,15-16,19,22,29-30,36-41,45-47H,3-8,11,14,17-18,20-21,23-28,31-35H2,1-2H3,(H,54,55)(H2,51,52,53)/b10-9-,13-12-,16-15-,22-19-,30-29+/t36-,37-,38+,39+,40+,41-/m0/s1. The van der Waals surface area contributed by atoms with E-state index in [1.807, 2.05) is 12.2 Å². The van der Waals surface area contributed by atoms with Crippen molar-refractivity contribution in [3.05, 3.63) is 60.8 Å². The molecular formula is C44H74O16P2. The molecule has 0 spiro atoms. The van der Waals surface area contributed by atoms with Crippen LogP contribution in [0, 0.1) is 11.8 Å². The first-order valence-corrected chi connectivity index (χ1v) is 25.1. The number of aliphatic hydroxyl groups excluding tert-OH is 3. The van der Waals surface area contributed by atoms with Gasteiger partial charge in [0.15, 0.2) is 6.10 Å². The van der Waals surface area contributed by atoms with Crippen molar-refractivity contribution in [1.82, 2.24) is 0 Å². The molecule has 0 aromatic rings. The number of allylic oxidation sites excluding steroid dienone is 9. The molecule has 1 aliphatic carbocycles. The van der Waals surface area contributed by atoms with Gasteiger partial charge in [0.05, 0.1) is 32.0 Å². The molecule has 0 amide bonds. The van der Waals surface area contributed by atoms with Crippen LogP contribution in [0.1, 0.15) is 136 Å². The quantitative estimate of drug-likeness (QED) is 0.0150.